The number of halogens is 2. The predicted molar refractivity (Wildman–Crippen MR) is 84.4 cm³/mol. The van der Waals surface area contributed by atoms with Crippen LogP contribution in [0.25, 0.3) is 0 Å². The number of hydrogen-bond donors (Lipinski definition) is 1. The van der Waals surface area contributed by atoms with Gasteiger partial charge in [-0.1, -0.05) is 36.0 Å². The lowest BCUT2D eigenvalue weighted by Crippen LogP contribution is -2.35. The monoisotopic (exact) mass is 356 g/mol. The van der Waals surface area contributed by atoms with Crippen LogP contribution in [0.3, 0.4) is 0 Å². The van der Waals surface area contributed by atoms with Crippen LogP contribution in [0.1, 0.15) is 25.7 Å². The molecule has 0 spiro atoms. The second-order valence-electron chi connectivity index (χ2n) is 4.84. The van der Waals surface area contributed by atoms with E-state index in [-0.39, 0.29) is 9.23 Å². The van der Waals surface area contributed by atoms with Gasteiger partial charge in [0.1, 0.15) is 9.23 Å². The molecule has 1 aliphatic heterocycles. The zero-order valence-electron chi connectivity index (χ0n) is 11.1. The third kappa shape index (κ3) is 4.58. The quantitative estimate of drug-likeness (QED) is 0.880. The van der Waals surface area contributed by atoms with Crippen molar-refractivity contribution in [3.05, 3.63) is 14.7 Å². The molecule has 0 saturated carbocycles. The Morgan fingerprint density at radius 1 is 1.20 bits per heavy atom. The molecule has 0 radical (unpaired) electrons. The van der Waals surface area contributed by atoms with Gasteiger partial charge in [-0.2, -0.15) is 0 Å². The van der Waals surface area contributed by atoms with E-state index >= 15 is 0 Å². The van der Waals surface area contributed by atoms with Crippen molar-refractivity contribution >= 4 is 44.6 Å². The molecule has 20 heavy (non-hydrogen) atoms. The summed E-state index contributed by atoms with van der Waals surface area (Å²) in [7, 11) is -3.56. The Kier molecular flexibility index (Phi) is 6.13. The van der Waals surface area contributed by atoms with Crippen LogP contribution < -0.4 is 4.72 Å². The summed E-state index contributed by atoms with van der Waals surface area (Å²) in [6, 6.07) is 1.39. The molecule has 1 saturated heterocycles. The van der Waals surface area contributed by atoms with Crippen molar-refractivity contribution in [2.75, 3.05) is 26.2 Å². The molecule has 1 fully saturated rings. The summed E-state index contributed by atoms with van der Waals surface area (Å²) in [6.07, 6.45) is 4.92. The number of nitrogens with one attached hydrogen (secondary N) is 1. The molecule has 2 rings (SSSR count). The highest BCUT2D eigenvalue weighted by Crippen LogP contribution is 2.33. The second-order valence-corrected chi connectivity index (χ2v) is 8.86. The van der Waals surface area contributed by atoms with E-state index in [1.165, 1.54) is 31.7 Å². The number of rotatable bonds is 5. The summed E-state index contributed by atoms with van der Waals surface area (Å²) in [5.74, 6) is 0. The fourth-order valence-corrected chi connectivity index (χ4v) is 5.45. The van der Waals surface area contributed by atoms with Crippen LogP contribution >= 0.6 is 34.5 Å². The van der Waals surface area contributed by atoms with Crippen molar-refractivity contribution in [1.29, 1.82) is 0 Å². The first-order valence-corrected chi connectivity index (χ1v) is 9.71. The Labute approximate surface area is 134 Å². The lowest BCUT2D eigenvalue weighted by atomic mass is 10.2. The Bertz CT molecular complexity index is 538. The zero-order chi connectivity index (χ0) is 14.6. The highest BCUT2D eigenvalue weighted by Gasteiger charge is 2.20. The van der Waals surface area contributed by atoms with Gasteiger partial charge in [0.15, 0.2) is 0 Å². The molecular formula is C12H18Cl2N2O2S2. The molecule has 1 aliphatic rings. The molecule has 2 heterocycles. The van der Waals surface area contributed by atoms with Crippen molar-refractivity contribution in [3.8, 4) is 0 Å². The minimum Gasteiger partial charge on any atom is -0.302 e. The van der Waals surface area contributed by atoms with Crippen LogP contribution in [0.2, 0.25) is 8.67 Å². The molecule has 0 atom stereocenters. The van der Waals surface area contributed by atoms with Crippen molar-refractivity contribution < 1.29 is 8.42 Å². The summed E-state index contributed by atoms with van der Waals surface area (Å²) < 4.78 is 27.4. The van der Waals surface area contributed by atoms with Gasteiger partial charge in [-0.05, 0) is 32.0 Å². The minimum absolute atomic E-state index is 0.0741. The molecule has 0 bridgehead atoms. The van der Waals surface area contributed by atoms with Gasteiger partial charge in [-0.25, -0.2) is 13.1 Å². The van der Waals surface area contributed by atoms with Gasteiger partial charge in [-0.15, -0.1) is 11.3 Å². The van der Waals surface area contributed by atoms with E-state index in [0.29, 0.717) is 10.9 Å². The van der Waals surface area contributed by atoms with Crippen molar-refractivity contribution in [2.24, 2.45) is 0 Å². The van der Waals surface area contributed by atoms with Crippen molar-refractivity contribution in [2.45, 2.75) is 30.6 Å². The molecule has 0 aliphatic carbocycles. The van der Waals surface area contributed by atoms with Crippen molar-refractivity contribution in [1.82, 2.24) is 9.62 Å². The molecule has 1 aromatic heterocycles. The number of nitrogens with zero attached hydrogens (tertiary/aromatic N) is 1. The minimum atomic E-state index is -3.56. The lowest BCUT2D eigenvalue weighted by Gasteiger charge is -2.19. The smallest absolute Gasteiger partial charge is 0.243 e. The summed E-state index contributed by atoms with van der Waals surface area (Å²) in [6.45, 7) is 3.22. The van der Waals surface area contributed by atoms with E-state index in [1.807, 2.05) is 0 Å². The molecule has 8 heteroatoms. The number of thiophene rings is 1. The van der Waals surface area contributed by atoms with Crippen LogP contribution in [-0.4, -0.2) is 39.5 Å². The summed E-state index contributed by atoms with van der Waals surface area (Å²) >= 11 is 12.7. The molecule has 0 unspecified atom stereocenters. The van der Waals surface area contributed by atoms with Gasteiger partial charge >= 0.3 is 0 Å². The highest BCUT2D eigenvalue weighted by molar-refractivity contribution is 7.89. The van der Waals surface area contributed by atoms with E-state index in [1.54, 1.807) is 0 Å². The fraction of sp³-hybridized carbons (Fsp3) is 0.667. The van der Waals surface area contributed by atoms with E-state index in [9.17, 15) is 8.42 Å². The second kappa shape index (κ2) is 7.42. The third-order valence-corrected chi connectivity index (χ3v) is 6.55. The van der Waals surface area contributed by atoms with Gasteiger partial charge in [0.05, 0.1) is 4.34 Å². The summed E-state index contributed by atoms with van der Waals surface area (Å²) in [5.41, 5.74) is 0. The van der Waals surface area contributed by atoms with E-state index < -0.39 is 10.0 Å². The Balaban J connectivity index is 1.87. The van der Waals surface area contributed by atoms with Gasteiger partial charge < -0.3 is 4.90 Å². The van der Waals surface area contributed by atoms with Gasteiger partial charge in [0.25, 0.3) is 0 Å². The maximum atomic E-state index is 12.1. The fourth-order valence-electron chi connectivity index (χ4n) is 2.28. The zero-order valence-corrected chi connectivity index (χ0v) is 14.2. The van der Waals surface area contributed by atoms with Crippen LogP contribution in [0, 0.1) is 0 Å². The van der Waals surface area contributed by atoms with E-state index in [0.717, 1.165) is 31.0 Å². The summed E-state index contributed by atoms with van der Waals surface area (Å²) in [4.78, 5) is 2.38. The van der Waals surface area contributed by atoms with Gasteiger partial charge in [0, 0.05) is 13.1 Å². The maximum absolute atomic E-state index is 12.1. The average Bonchev–Trinajstić information content (AvgIpc) is 2.60. The molecule has 4 nitrogen and oxygen atoms in total. The van der Waals surface area contributed by atoms with Crippen LogP contribution in [0.4, 0.5) is 0 Å². The molecule has 1 N–H and O–H groups in total. The average molecular weight is 357 g/mol. The molecular weight excluding hydrogens is 339 g/mol. The normalized spacial score (nSPS) is 18.1. The number of sulfonamides is 1. The number of likely N-dealkylation sites (tertiary alicyclic amines) is 1. The van der Waals surface area contributed by atoms with Gasteiger partial charge in [0.2, 0.25) is 10.0 Å². The Morgan fingerprint density at radius 3 is 2.40 bits per heavy atom. The molecule has 114 valence electrons. The lowest BCUT2D eigenvalue weighted by molar-refractivity contribution is 0.290. The van der Waals surface area contributed by atoms with E-state index in [4.69, 9.17) is 23.2 Å². The Morgan fingerprint density at radius 2 is 1.85 bits per heavy atom. The van der Waals surface area contributed by atoms with Crippen LogP contribution in [0.15, 0.2) is 11.0 Å². The van der Waals surface area contributed by atoms with Crippen LogP contribution in [-0.2, 0) is 10.0 Å². The topological polar surface area (TPSA) is 49.4 Å². The maximum Gasteiger partial charge on any atom is 0.243 e. The first kappa shape index (κ1) is 16.5. The van der Waals surface area contributed by atoms with Crippen molar-refractivity contribution in [3.63, 3.8) is 0 Å². The predicted octanol–water partition coefficient (Wildman–Crippen LogP) is 3.21. The standard InChI is InChI=1S/C12H18Cl2N2O2S2/c13-11-9-10(12(14)19-11)20(17,18)15-5-8-16-6-3-1-2-4-7-16/h9,15H,1-8H2. The summed E-state index contributed by atoms with van der Waals surface area (Å²) in [5, 5.41) is 0. The first-order chi connectivity index (χ1) is 9.49. The van der Waals surface area contributed by atoms with Gasteiger partial charge in [-0.3, -0.25) is 0 Å². The first-order valence-electron chi connectivity index (χ1n) is 6.66. The molecule has 0 aromatic carbocycles. The molecule has 1 aromatic rings. The highest BCUT2D eigenvalue weighted by atomic mass is 35.5. The van der Waals surface area contributed by atoms with Crippen LogP contribution in [0.5, 0.6) is 0 Å². The molecule has 0 amide bonds. The SMILES string of the molecule is O=S(=O)(NCCN1CCCCCC1)c1cc(Cl)sc1Cl. The number of hydrogen-bond acceptors (Lipinski definition) is 4. The third-order valence-electron chi connectivity index (χ3n) is 3.33. The largest absolute Gasteiger partial charge is 0.302 e. The Hall–Kier alpha value is 0.150. The van der Waals surface area contributed by atoms with E-state index in [2.05, 4.69) is 9.62 Å².